The fourth-order valence-corrected chi connectivity index (χ4v) is 9.40. The van der Waals surface area contributed by atoms with Crippen molar-refractivity contribution < 1.29 is 29.6 Å². The number of ether oxygens (including phenoxy) is 1. The number of aliphatic hydroxyl groups excluding tert-OH is 1. The Morgan fingerprint density at radius 1 is 1.22 bits per heavy atom. The van der Waals surface area contributed by atoms with E-state index in [0.717, 1.165) is 25.7 Å². The van der Waals surface area contributed by atoms with Crippen LogP contribution in [0.25, 0.3) is 0 Å². The van der Waals surface area contributed by atoms with Crippen LogP contribution in [-0.2, 0) is 19.2 Å². The predicted octanol–water partition coefficient (Wildman–Crippen LogP) is 6.14. The molecule has 2 N–H and O–H groups in total. The predicted molar refractivity (Wildman–Crippen MR) is 142 cm³/mol. The van der Waals surface area contributed by atoms with Gasteiger partial charge in [-0.05, 0) is 80.5 Å². The van der Waals surface area contributed by atoms with Crippen LogP contribution in [0.4, 0.5) is 0 Å². The molecule has 0 spiro atoms. The van der Waals surface area contributed by atoms with Gasteiger partial charge in [0.25, 0.3) is 0 Å². The molecule has 0 bridgehead atoms. The normalized spacial score (nSPS) is 42.0. The highest BCUT2D eigenvalue weighted by Gasteiger charge is 2.68. The Morgan fingerprint density at radius 2 is 1.89 bits per heavy atom. The maximum atomic E-state index is 13.1. The number of carbonyl (C=O) groups is 2. The van der Waals surface area contributed by atoms with E-state index in [1.54, 1.807) is 19.9 Å². The summed E-state index contributed by atoms with van der Waals surface area (Å²) in [5.41, 5.74) is -0.172. The van der Waals surface area contributed by atoms with Crippen molar-refractivity contribution in [2.45, 2.75) is 105 Å². The highest BCUT2D eigenvalue weighted by molar-refractivity contribution is 5.85. The minimum absolute atomic E-state index is 0.0647. The van der Waals surface area contributed by atoms with Crippen LogP contribution in [-0.4, -0.2) is 40.9 Å². The monoisotopic (exact) mass is 516 g/mol. The van der Waals surface area contributed by atoms with Crippen molar-refractivity contribution in [1.82, 2.24) is 0 Å². The summed E-state index contributed by atoms with van der Waals surface area (Å²) in [4.78, 5) is 30.5. The number of rotatable bonds is 6. The number of carbonyl (C=O) groups excluding carboxylic acids is 2. The molecule has 0 aliphatic heterocycles. The molecular weight excluding hydrogens is 468 g/mol. The molecule has 208 valence electrons. The zero-order valence-electron chi connectivity index (χ0n) is 24.1. The fourth-order valence-electron chi connectivity index (χ4n) is 9.40. The maximum Gasteiger partial charge on any atom is 0.309 e. The second-order valence-corrected chi connectivity index (χ2v) is 14.2. The molecule has 4 aliphatic rings. The fraction of sp³-hybridized carbons (Fsp3) is 0.806. The molecule has 37 heavy (non-hydrogen) atoms. The Balaban J connectivity index is 1.71. The quantitative estimate of drug-likeness (QED) is 0.191. The largest absolute Gasteiger partial charge is 0.469 e. The number of Topliss-reactive ketones (excluding diaryl/α,β-unsaturated/α-hetero) is 1. The third-order valence-corrected chi connectivity index (χ3v) is 11.7. The summed E-state index contributed by atoms with van der Waals surface area (Å²) in [6, 6.07) is 0. The summed E-state index contributed by atoms with van der Waals surface area (Å²) < 4.78 is 5.25. The Labute approximate surface area is 222 Å². The second kappa shape index (κ2) is 9.31. The van der Waals surface area contributed by atoms with Gasteiger partial charge in [0.15, 0.2) is 0 Å². The molecule has 0 saturated heterocycles. The second-order valence-electron chi connectivity index (χ2n) is 14.2. The van der Waals surface area contributed by atoms with Gasteiger partial charge >= 0.3 is 5.97 Å². The van der Waals surface area contributed by atoms with Crippen molar-refractivity contribution in [1.29, 1.82) is 0 Å². The van der Waals surface area contributed by atoms with Gasteiger partial charge in [-0.2, -0.15) is 0 Å². The van der Waals surface area contributed by atoms with Gasteiger partial charge in [0.1, 0.15) is 11.4 Å². The topological polar surface area (TPSA) is 93.1 Å². The molecule has 6 nitrogen and oxygen atoms in total. The van der Waals surface area contributed by atoms with Gasteiger partial charge < -0.3 is 9.84 Å². The number of allylic oxidation sites excluding steroid dienone is 3. The van der Waals surface area contributed by atoms with Crippen LogP contribution in [0.3, 0.4) is 0 Å². The van der Waals surface area contributed by atoms with Gasteiger partial charge in [0.2, 0.25) is 0 Å². The Kier molecular flexibility index (Phi) is 7.17. The lowest BCUT2D eigenvalue weighted by atomic mass is 9.41. The van der Waals surface area contributed by atoms with Gasteiger partial charge in [-0.1, -0.05) is 58.4 Å². The average Bonchev–Trinajstić information content (AvgIpc) is 3.04. The lowest BCUT2D eigenvalue weighted by Gasteiger charge is -2.63. The molecule has 0 heterocycles. The smallest absolute Gasteiger partial charge is 0.309 e. The molecule has 4 rings (SSSR count). The van der Waals surface area contributed by atoms with Gasteiger partial charge in [-0.25, -0.2) is 4.89 Å². The molecule has 6 heteroatoms. The first-order valence-electron chi connectivity index (χ1n) is 14.1. The molecule has 0 aromatic rings. The first kappa shape index (κ1) is 28.5. The standard InChI is InChI=1S/C31H48O6/c1-27(2,37-35)15-9-10-19(26(34)36-8)25-22(32)18-31(7)21-11-12-23-28(3,4)24(33)14-16-29(23,5)20(21)13-17-30(25,31)6/h9,11,15,19-20,22-23,25,32,35H,10,12-14,16-18H2,1-8H3/b15-9+/t19?,20-,22-,23-,25+,29+,30-,31+/m0/s1. The van der Waals surface area contributed by atoms with Crippen LogP contribution in [0.5, 0.6) is 0 Å². The van der Waals surface area contributed by atoms with E-state index in [0.29, 0.717) is 36.9 Å². The Morgan fingerprint density at radius 3 is 2.51 bits per heavy atom. The third-order valence-electron chi connectivity index (χ3n) is 11.7. The van der Waals surface area contributed by atoms with Gasteiger partial charge in [0.05, 0.1) is 19.1 Å². The van der Waals surface area contributed by atoms with Crippen molar-refractivity contribution >= 4 is 11.8 Å². The first-order valence-corrected chi connectivity index (χ1v) is 14.1. The summed E-state index contributed by atoms with van der Waals surface area (Å²) in [6.07, 6.45) is 10.8. The molecule has 8 atom stereocenters. The van der Waals surface area contributed by atoms with E-state index >= 15 is 0 Å². The van der Waals surface area contributed by atoms with E-state index in [1.165, 1.54) is 12.7 Å². The lowest BCUT2D eigenvalue weighted by Crippen LogP contribution is -2.57. The minimum atomic E-state index is -0.862. The number of esters is 1. The van der Waals surface area contributed by atoms with Crippen molar-refractivity contribution in [2.75, 3.05) is 7.11 Å². The number of fused-ring (bicyclic) bond motifs is 5. The molecule has 3 fully saturated rings. The molecule has 1 unspecified atom stereocenters. The number of aliphatic hydroxyl groups is 1. The van der Waals surface area contributed by atoms with E-state index in [2.05, 4.69) is 45.6 Å². The number of hydrogen-bond acceptors (Lipinski definition) is 6. The van der Waals surface area contributed by atoms with Crippen LogP contribution < -0.4 is 0 Å². The van der Waals surface area contributed by atoms with E-state index in [4.69, 9.17) is 9.99 Å². The average molecular weight is 517 g/mol. The molecular formula is C31H48O6. The summed E-state index contributed by atoms with van der Waals surface area (Å²) in [5, 5.41) is 20.8. The third kappa shape index (κ3) is 4.17. The molecule has 0 aromatic carbocycles. The number of methoxy groups -OCH3 is 1. The molecule has 4 aliphatic carbocycles. The van der Waals surface area contributed by atoms with Crippen LogP contribution in [0.1, 0.15) is 93.4 Å². The zero-order valence-corrected chi connectivity index (χ0v) is 24.1. The number of ketones is 1. The van der Waals surface area contributed by atoms with Crippen molar-refractivity contribution in [3.63, 3.8) is 0 Å². The highest BCUT2D eigenvalue weighted by atomic mass is 17.1. The van der Waals surface area contributed by atoms with Crippen molar-refractivity contribution in [3.8, 4) is 0 Å². The van der Waals surface area contributed by atoms with Crippen LogP contribution in [0, 0.1) is 45.3 Å². The van der Waals surface area contributed by atoms with Gasteiger partial charge in [-0.15, -0.1) is 0 Å². The van der Waals surface area contributed by atoms with Crippen LogP contribution in [0.2, 0.25) is 0 Å². The molecule has 0 radical (unpaired) electrons. The number of hydrogen-bond donors (Lipinski definition) is 2. The summed E-state index contributed by atoms with van der Waals surface area (Å²) in [7, 11) is 1.41. The maximum absolute atomic E-state index is 13.1. The SMILES string of the molecule is COC(=O)C(C/C=C/C(C)(C)OO)[C@@H]1[C@@H](O)C[C@]2(C)C3=CC[C@H]4C(C)(C)C(=O)CC[C@]4(C)[C@H]3CC[C@@]12C. The Hall–Kier alpha value is -1.50. The van der Waals surface area contributed by atoms with Gasteiger partial charge in [-0.3, -0.25) is 14.8 Å². The zero-order chi connectivity index (χ0) is 27.6. The van der Waals surface area contributed by atoms with E-state index < -0.39 is 17.6 Å². The van der Waals surface area contributed by atoms with Crippen molar-refractivity contribution in [3.05, 3.63) is 23.8 Å². The first-order chi connectivity index (χ1) is 17.1. The summed E-state index contributed by atoms with van der Waals surface area (Å²) in [6.45, 7) is 14.7. The van der Waals surface area contributed by atoms with Crippen molar-refractivity contribution in [2.24, 2.45) is 45.3 Å². The highest BCUT2D eigenvalue weighted by Crippen LogP contribution is 2.73. The van der Waals surface area contributed by atoms with E-state index in [-0.39, 0.29) is 33.5 Å². The Bertz CT molecular complexity index is 994. The van der Waals surface area contributed by atoms with Crippen LogP contribution >= 0.6 is 0 Å². The summed E-state index contributed by atoms with van der Waals surface area (Å²) in [5.74, 6) is 0.0640. The molecule has 3 saturated carbocycles. The minimum Gasteiger partial charge on any atom is -0.469 e. The van der Waals surface area contributed by atoms with E-state index in [1.807, 2.05) is 6.08 Å². The lowest BCUT2D eigenvalue weighted by molar-refractivity contribution is -0.297. The van der Waals surface area contributed by atoms with Gasteiger partial charge in [0, 0.05) is 17.8 Å². The van der Waals surface area contributed by atoms with E-state index in [9.17, 15) is 14.7 Å². The molecule has 0 amide bonds. The summed E-state index contributed by atoms with van der Waals surface area (Å²) >= 11 is 0. The van der Waals surface area contributed by atoms with Crippen LogP contribution in [0.15, 0.2) is 23.8 Å². The molecule has 0 aromatic heterocycles.